The molecule has 0 aliphatic carbocycles. The van der Waals surface area contributed by atoms with Crippen molar-refractivity contribution in [3.05, 3.63) is 64.8 Å². The highest BCUT2D eigenvalue weighted by atomic mass is 35.5. The molecule has 3 aromatic rings. The maximum Gasteiger partial charge on any atom is 0.191 e. The molecule has 1 aromatic heterocycles. The number of nitriles is 1. The van der Waals surface area contributed by atoms with Crippen LogP contribution in [0.25, 0.3) is 16.9 Å². The van der Waals surface area contributed by atoms with Crippen LogP contribution in [0.15, 0.2) is 48.5 Å². The van der Waals surface area contributed by atoms with E-state index in [1.165, 1.54) is 5.56 Å². The molecular weight excluding hydrogens is 296 g/mol. The van der Waals surface area contributed by atoms with Crippen molar-refractivity contribution in [3.63, 3.8) is 0 Å². The van der Waals surface area contributed by atoms with Crippen molar-refractivity contribution in [2.45, 2.75) is 13.3 Å². The van der Waals surface area contributed by atoms with Gasteiger partial charge < -0.3 is 0 Å². The van der Waals surface area contributed by atoms with Gasteiger partial charge in [0.1, 0.15) is 11.8 Å². The Labute approximate surface area is 133 Å². The Bertz CT molecular complexity index is 844. The standard InChI is InChI=1S/C17H13ClN4/c1-2-12-7-9-13(10-8-12)22-17(16(11-19)20-21-22)14-5-3-4-6-15(14)18/h3-10H,2H2,1H3. The molecule has 4 nitrogen and oxygen atoms in total. The molecule has 0 spiro atoms. The Morgan fingerprint density at radius 2 is 1.86 bits per heavy atom. The second kappa shape index (κ2) is 6.00. The molecule has 1 heterocycles. The van der Waals surface area contributed by atoms with Gasteiger partial charge in [0.15, 0.2) is 5.69 Å². The zero-order valence-corrected chi connectivity index (χ0v) is 12.7. The van der Waals surface area contributed by atoms with Crippen LogP contribution < -0.4 is 0 Å². The summed E-state index contributed by atoms with van der Waals surface area (Å²) < 4.78 is 1.65. The Morgan fingerprint density at radius 1 is 1.14 bits per heavy atom. The van der Waals surface area contributed by atoms with Gasteiger partial charge in [0.05, 0.1) is 10.7 Å². The third-order valence-corrected chi connectivity index (χ3v) is 3.82. The molecule has 5 heteroatoms. The molecule has 0 radical (unpaired) electrons. The lowest BCUT2D eigenvalue weighted by Gasteiger charge is -2.08. The summed E-state index contributed by atoms with van der Waals surface area (Å²) in [7, 11) is 0. The van der Waals surface area contributed by atoms with Crippen LogP contribution in [0, 0.1) is 11.3 Å². The minimum absolute atomic E-state index is 0.257. The summed E-state index contributed by atoms with van der Waals surface area (Å²) >= 11 is 6.27. The molecule has 0 atom stereocenters. The number of benzene rings is 2. The zero-order valence-electron chi connectivity index (χ0n) is 12.0. The number of hydrogen-bond acceptors (Lipinski definition) is 3. The van der Waals surface area contributed by atoms with Crippen LogP contribution in [0.2, 0.25) is 5.02 Å². The predicted octanol–water partition coefficient (Wildman–Crippen LogP) is 4.02. The van der Waals surface area contributed by atoms with Gasteiger partial charge in [0.2, 0.25) is 0 Å². The quantitative estimate of drug-likeness (QED) is 0.734. The minimum Gasteiger partial charge on any atom is -0.211 e. The van der Waals surface area contributed by atoms with E-state index in [0.717, 1.165) is 17.7 Å². The van der Waals surface area contributed by atoms with Gasteiger partial charge in [-0.2, -0.15) is 5.26 Å². The molecule has 0 saturated carbocycles. The Balaban J connectivity index is 2.19. The fraction of sp³-hybridized carbons (Fsp3) is 0.118. The molecule has 0 amide bonds. The number of hydrogen-bond donors (Lipinski definition) is 0. The van der Waals surface area contributed by atoms with E-state index in [1.54, 1.807) is 10.7 Å². The molecule has 22 heavy (non-hydrogen) atoms. The Hall–Kier alpha value is -2.64. The highest BCUT2D eigenvalue weighted by Crippen LogP contribution is 2.30. The van der Waals surface area contributed by atoms with Crippen molar-refractivity contribution in [2.75, 3.05) is 0 Å². The van der Waals surface area contributed by atoms with E-state index < -0.39 is 0 Å². The van der Waals surface area contributed by atoms with Gasteiger partial charge in [-0.15, -0.1) is 5.10 Å². The molecule has 0 unspecified atom stereocenters. The third kappa shape index (κ3) is 2.47. The van der Waals surface area contributed by atoms with Crippen LogP contribution in [-0.2, 0) is 6.42 Å². The summed E-state index contributed by atoms with van der Waals surface area (Å²) in [5, 5.41) is 17.9. The van der Waals surface area contributed by atoms with E-state index >= 15 is 0 Å². The SMILES string of the molecule is CCc1ccc(-n2nnc(C#N)c2-c2ccccc2Cl)cc1. The first-order chi connectivity index (χ1) is 10.7. The van der Waals surface area contributed by atoms with Crippen LogP contribution in [-0.4, -0.2) is 15.0 Å². The maximum atomic E-state index is 9.30. The van der Waals surface area contributed by atoms with E-state index in [-0.39, 0.29) is 5.69 Å². The van der Waals surface area contributed by atoms with Crippen LogP contribution >= 0.6 is 11.6 Å². The molecule has 0 N–H and O–H groups in total. The lowest BCUT2D eigenvalue weighted by molar-refractivity contribution is 0.806. The first-order valence-corrected chi connectivity index (χ1v) is 7.32. The average Bonchev–Trinajstić information content (AvgIpc) is 2.99. The fourth-order valence-corrected chi connectivity index (χ4v) is 2.53. The molecule has 3 rings (SSSR count). The topological polar surface area (TPSA) is 54.5 Å². The molecule has 0 fully saturated rings. The van der Waals surface area contributed by atoms with Crippen molar-refractivity contribution in [1.82, 2.24) is 15.0 Å². The number of rotatable bonds is 3. The van der Waals surface area contributed by atoms with Crippen LogP contribution in [0.1, 0.15) is 18.2 Å². The zero-order chi connectivity index (χ0) is 15.5. The van der Waals surface area contributed by atoms with Crippen LogP contribution in [0.3, 0.4) is 0 Å². The molecule has 108 valence electrons. The van der Waals surface area contributed by atoms with Crippen LogP contribution in [0.5, 0.6) is 0 Å². The van der Waals surface area contributed by atoms with E-state index in [2.05, 4.69) is 23.3 Å². The second-order valence-corrected chi connectivity index (χ2v) is 5.22. The number of aryl methyl sites for hydroxylation is 1. The monoisotopic (exact) mass is 308 g/mol. The molecule has 2 aromatic carbocycles. The van der Waals surface area contributed by atoms with Crippen molar-refractivity contribution < 1.29 is 0 Å². The molecule has 0 aliphatic rings. The van der Waals surface area contributed by atoms with E-state index in [9.17, 15) is 5.26 Å². The summed E-state index contributed by atoms with van der Waals surface area (Å²) in [4.78, 5) is 0. The number of nitrogens with zero attached hydrogens (tertiary/aromatic N) is 4. The second-order valence-electron chi connectivity index (χ2n) is 4.81. The van der Waals surface area contributed by atoms with Gasteiger partial charge in [-0.3, -0.25) is 0 Å². The van der Waals surface area contributed by atoms with Gasteiger partial charge >= 0.3 is 0 Å². The maximum absolute atomic E-state index is 9.30. The third-order valence-electron chi connectivity index (χ3n) is 3.49. The molecule has 0 aliphatic heterocycles. The number of halogens is 1. The van der Waals surface area contributed by atoms with Gasteiger partial charge in [-0.25, -0.2) is 4.68 Å². The minimum atomic E-state index is 0.257. The lowest BCUT2D eigenvalue weighted by Crippen LogP contribution is -2.00. The van der Waals surface area contributed by atoms with E-state index in [4.69, 9.17) is 11.6 Å². The number of aromatic nitrogens is 3. The smallest absolute Gasteiger partial charge is 0.191 e. The van der Waals surface area contributed by atoms with Gasteiger partial charge in [-0.05, 0) is 30.2 Å². The van der Waals surface area contributed by atoms with Crippen molar-refractivity contribution in [2.24, 2.45) is 0 Å². The van der Waals surface area contributed by atoms with Gasteiger partial charge in [0, 0.05) is 5.56 Å². The van der Waals surface area contributed by atoms with E-state index in [1.807, 2.05) is 42.5 Å². The normalized spacial score (nSPS) is 10.4. The van der Waals surface area contributed by atoms with Gasteiger partial charge in [0.25, 0.3) is 0 Å². The molecule has 0 bridgehead atoms. The summed E-state index contributed by atoms with van der Waals surface area (Å²) in [6, 6.07) is 17.5. The Kier molecular flexibility index (Phi) is 3.90. The van der Waals surface area contributed by atoms with Crippen molar-refractivity contribution in [3.8, 4) is 23.0 Å². The molecular formula is C17H13ClN4. The predicted molar refractivity (Wildman–Crippen MR) is 85.9 cm³/mol. The highest BCUT2D eigenvalue weighted by Gasteiger charge is 2.18. The van der Waals surface area contributed by atoms with Crippen molar-refractivity contribution >= 4 is 11.6 Å². The Morgan fingerprint density at radius 3 is 2.50 bits per heavy atom. The van der Waals surface area contributed by atoms with Gasteiger partial charge in [-0.1, -0.05) is 54.1 Å². The first kappa shape index (κ1) is 14.3. The summed E-state index contributed by atoms with van der Waals surface area (Å²) in [5.41, 5.74) is 3.69. The summed E-state index contributed by atoms with van der Waals surface area (Å²) in [6.45, 7) is 2.10. The van der Waals surface area contributed by atoms with E-state index in [0.29, 0.717) is 10.7 Å². The summed E-state index contributed by atoms with van der Waals surface area (Å²) in [6.07, 6.45) is 0.971. The highest BCUT2D eigenvalue weighted by molar-refractivity contribution is 6.33. The van der Waals surface area contributed by atoms with Crippen LogP contribution in [0.4, 0.5) is 0 Å². The fourth-order valence-electron chi connectivity index (χ4n) is 2.31. The molecule has 0 saturated heterocycles. The largest absolute Gasteiger partial charge is 0.211 e. The van der Waals surface area contributed by atoms with Crippen molar-refractivity contribution in [1.29, 1.82) is 5.26 Å². The average molecular weight is 309 g/mol. The lowest BCUT2D eigenvalue weighted by atomic mass is 10.1. The first-order valence-electron chi connectivity index (χ1n) is 6.94. The summed E-state index contributed by atoms with van der Waals surface area (Å²) in [5.74, 6) is 0.